The highest BCUT2D eigenvalue weighted by atomic mass is 35.5. The predicted octanol–water partition coefficient (Wildman–Crippen LogP) is 3.34. The molecule has 2 saturated heterocycles. The summed E-state index contributed by atoms with van der Waals surface area (Å²) in [6.45, 7) is 0. The summed E-state index contributed by atoms with van der Waals surface area (Å²) in [6.07, 6.45) is 8.98. The Morgan fingerprint density at radius 3 is 2.50 bits per heavy atom. The van der Waals surface area contributed by atoms with Crippen LogP contribution in [-0.2, 0) is 17.6 Å². The number of piperidine rings is 1. The highest BCUT2D eigenvalue weighted by Crippen LogP contribution is 2.31. The first kappa shape index (κ1) is 17.8. The van der Waals surface area contributed by atoms with E-state index >= 15 is 0 Å². The third-order valence-electron chi connectivity index (χ3n) is 6.30. The zero-order chi connectivity index (χ0) is 15.8. The van der Waals surface area contributed by atoms with Crippen molar-refractivity contribution in [1.29, 1.82) is 0 Å². The molecule has 3 nitrogen and oxygen atoms in total. The fourth-order valence-corrected chi connectivity index (χ4v) is 4.89. The monoisotopic (exact) mass is 348 g/mol. The van der Waals surface area contributed by atoms with E-state index in [1.165, 1.54) is 24.0 Å². The Kier molecular flexibility index (Phi) is 5.51. The normalized spacial score (nSPS) is 31.0. The van der Waals surface area contributed by atoms with Crippen LogP contribution in [0.2, 0.25) is 0 Å². The molecule has 132 valence electrons. The summed E-state index contributed by atoms with van der Waals surface area (Å²) in [4.78, 5) is 14.8. The lowest BCUT2D eigenvalue weighted by molar-refractivity contribution is -0.133. The summed E-state index contributed by atoms with van der Waals surface area (Å²) in [5.74, 6) is 0.888. The topological polar surface area (TPSA) is 32.3 Å². The zero-order valence-electron chi connectivity index (χ0n) is 14.5. The summed E-state index contributed by atoms with van der Waals surface area (Å²) in [5.41, 5.74) is 2.94. The molecule has 2 fully saturated rings. The van der Waals surface area contributed by atoms with Crippen LogP contribution in [0, 0.1) is 5.92 Å². The third kappa shape index (κ3) is 3.62. The molecular formula is C20H29ClN2O. The maximum absolute atomic E-state index is 12.8. The van der Waals surface area contributed by atoms with Crippen molar-refractivity contribution in [2.75, 3.05) is 7.05 Å². The Balaban J connectivity index is 0.00000169. The van der Waals surface area contributed by atoms with Gasteiger partial charge in [-0.15, -0.1) is 12.4 Å². The van der Waals surface area contributed by atoms with Gasteiger partial charge in [0, 0.05) is 31.6 Å². The molecule has 3 unspecified atom stereocenters. The maximum Gasteiger partial charge on any atom is 0.222 e. The molecule has 2 aliphatic heterocycles. The van der Waals surface area contributed by atoms with E-state index in [9.17, 15) is 4.79 Å². The Hall–Kier alpha value is -1.06. The van der Waals surface area contributed by atoms with Gasteiger partial charge in [-0.05, 0) is 62.0 Å². The SMILES string of the molecule is CN(C(=O)CC1CCc2ccccc2C1)C1CC2CCC(C1)N2.Cl. The van der Waals surface area contributed by atoms with Gasteiger partial charge >= 0.3 is 0 Å². The molecular weight excluding hydrogens is 320 g/mol. The van der Waals surface area contributed by atoms with E-state index in [0.29, 0.717) is 30.0 Å². The highest BCUT2D eigenvalue weighted by Gasteiger charge is 2.36. The van der Waals surface area contributed by atoms with Crippen molar-refractivity contribution in [3.05, 3.63) is 35.4 Å². The number of hydrogen-bond acceptors (Lipinski definition) is 2. The molecule has 1 N–H and O–H groups in total. The van der Waals surface area contributed by atoms with Crippen LogP contribution < -0.4 is 5.32 Å². The number of benzene rings is 1. The van der Waals surface area contributed by atoms with Crippen LogP contribution >= 0.6 is 12.4 Å². The molecule has 0 aromatic heterocycles. The standard InChI is InChI=1S/C20H28N2O.ClH/c1-22(19-12-17-8-9-18(13-19)21-17)20(23)11-14-6-7-15-4-2-3-5-16(15)10-14;/h2-5,14,17-19,21H,6-13H2,1H3;1H. The number of hydrogen-bond donors (Lipinski definition) is 1. The zero-order valence-corrected chi connectivity index (χ0v) is 15.4. The first-order chi connectivity index (χ1) is 11.2. The smallest absolute Gasteiger partial charge is 0.222 e. The fourth-order valence-electron chi connectivity index (χ4n) is 4.89. The van der Waals surface area contributed by atoms with Crippen LogP contribution in [0.15, 0.2) is 24.3 Å². The molecule has 24 heavy (non-hydrogen) atoms. The van der Waals surface area contributed by atoms with E-state index in [-0.39, 0.29) is 12.4 Å². The van der Waals surface area contributed by atoms with Crippen LogP contribution in [0.3, 0.4) is 0 Å². The molecule has 2 heterocycles. The van der Waals surface area contributed by atoms with E-state index in [0.717, 1.165) is 38.5 Å². The molecule has 1 aromatic carbocycles. The minimum atomic E-state index is 0. The van der Waals surface area contributed by atoms with Crippen molar-refractivity contribution in [3.63, 3.8) is 0 Å². The number of nitrogens with one attached hydrogen (secondary N) is 1. The molecule has 1 aromatic rings. The number of aryl methyl sites for hydroxylation is 1. The van der Waals surface area contributed by atoms with E-state index < -0.39 is 0 Å². The van der Waals surface area contributed by atoms with E-state index in [4.69, 9.17) is 0 Å². The number of carbonyl (C=O) groups is 1. The molecule has 0 radical (unpaired) electrons. The lowest BCUT2D eigenvalue weighted by Gasteiger charge is -2.36. The molecule has 2 bridgehead atoms. The third-order valence-corrected chi connectivity index (χ3v) is 6.30. The van der Waals surface area contributed by atoms with Crippen LogP contribution in [0.1, 0.15) is 49.7 Å². The van der Waals surface area contributed by atoms with Gasteiger partial charge in [0.15, 0.2) is 0 Å². The minimum absolute atomic E-state index is 0. The Morgan fingerprint density at radius 1 is 1.12 bits per heavy atom. The number of nitrogens with zero attached hydrogens (tertiary/aromatic N) is 1. The van der Waals surface area contributed by atoms with E-state index in [1.54, 1.807) is 0 Å². The fraction of sp³-hybridized carbons (Fsp3) is 0.650. The summed E-state index contributed by atoms with van der Waals surface area (Å²) >= 11 is 0. The van der Waals surface area contributed by atoms with Crippen molar-refractivity contribution in [1.82, 2.24) is 10.2 Å². The highest BCUT2D eigenvalue weighted by molar-refractivity contribution is 5.85. The van der Waals surface area contributed by atoms with Crippen molar-refractivity contribution in [3.8, 4) is 0 Å². The molecule has 4 heteroatoms. The summed E-state index contributed by atoms with van der Waals surface area (Å²) in [5, 5.41) is 3.67. The summed E-state index contributed by atoms with van der Waals surface area (Å²) in [6, 6.07) is 10.5. The molecule has 0 spiro atoms. The van der Waals surface area contributed by atoms with Crippen molar-refractivity contribution in [2.24, 2.45) is 5.92 Å². The van der Waals surface area contributed by atoms with Gasteiger partial charge in [0.1, 0.15) is 0 Å². The Bertz CT molecular complexity index is 579. The quantitative estimate of drug-likeness (QED) is 0.908. The van der Waals surface area contributed by atoms with E-state index in [2.05, 4.69) is 34.5 Å². The van der Waals surface area contributed by atoms with Gasteiger partial charge < -0.3 is 10.2 Å². The lowest BCUT2D eigenvalue weighted by atomic mass is 9.82. The summed E-state index contributed by atoms with van der Waals surface area (Å²) < 4.78 is 0. The van der Waals surface area contributed by atoms with Gasteiger partial charge in [0.2, 0.25) is 5.91 Å². The maximum atomic E-state index is 12.8. The molecule has 0 saturated carbocycles. The van der Waals surface area contributed by atoms with E-state index in [1.807, 2.05) is 7.05 Å². The predicted molar refractivity (Wildman–Crippen MR) is 99.6 cm³/mol. The summed E-state index contributed by atoms with van der Waals surface area (Å²) in [7, 11) is 2.04. The van der Waals surface area contributed by atoms with Gasteiger partial charge in [-0.2, -0.15) is 0 Å². The van der Waals surface area contributed by atoms with Gasteiger partial charge in [0.05, 0.1) is 0 Å². The second-order valence-electron chi connectivity index (χ2n) is 7.85. The van der Waals surface area contributed by atoms with Gasteiger partial charge in [0.25, 0.3) is 0 Å². The largest absolute Gasteiger partial charge is 0.343 e. The average Bonchev–Trinajstić information content (AvgIpc) is 2.92. The number of carbonyl (C=O) groups excluding carboxylic acids is 1. The van der Waals surface area contributed by atoms with Crippen molar-refractivity contribution in [2.45, 2.75) is 69.5 Å². The minimum Gasteiger partial charge on any atom is -0.343 e. The van der Waals surface area contributed by atoms with Gasteiger partial charge in [-0.25, -0.2) is 0 Å². The van der Waals surface area contributed by atoms with Crippen LogP contribution in [-0.4, -0.2) is 36.0 Å². The van der Waals surface area contributed by atoms with Crippen LogP contribution in [0.25, 0.3) is 0 Å². The number of fused-ring (bicyclic) bond motifs is 3. The number of halogens is 1. The molecule has 4 rings (SSSR count). The van der Waals surface area contributed by atoms with Crippen molar-refractivity contribution < 1.29 is 4.79 Å². The number of rotatable bonds is 3. The molecule has 3 aliphatic rings. The molecule has 1 aliphatic carbocycles. The van der Waals surface area contributed by atoms with Gasteiger partial charge in [-0.3, -0.25) is 4.79 Å². The number of amides is 1. The lowest BCUT2D eigenvalue weighted by Crippen LogP contribution is -2.49. The van der Waals surface area contributed by atoms with Gasteiger partial charge in [-0.1, -0.05) is 24.3 Å². The van der Waals surface area contributed by atoms with Crippen LogP contribution in [0.5, 0.6) is 0 Å². The molecule has 1 amide bonds. The van der Waals surface area contributed by atoms with Crippen LogP contribution in [0.4, 0.5) is 0 Å². The Morgan fingerprint density at radius 2 is 1.79 bits per heavy atom. The second kappa shape index (κ2) is 7.45. The van der Waals surface area contributed by atoms with Crippen molar-refractivity contribution >= 4 is 18.3 Å². The average molecular weight is 349 g/mol. The Labute approximate surface area is 151 Å². The molecule has 3 atom stereocenters. The first-order valence-electron chi connectivity index (χ1n) is 9.27. The second-order valence-corrected chi connectivity index (χ2v) is 7.85. The first-order valence-corrected chi connectivity index (χ1v) is 9.27.